The Hall–Kier alpha value is -3.14. The summed E-state index contributed by atoms with van der Waals surface area (Å²) in [4.78, 5) is 4.32. The summed E-state index contributed by atoms with van der Waals surface area (Å²) < 4.78 is 15.3. The van der Waals surface area contributed by atoms with Gasteiger partial charge in [-0.15, -0.1) is 0 Å². The summed E-state index contributed by atoms with van der Waals surface area (Å²) in [5.41, 5.74) is 3.29. The molecule has 0 fully saturated rings. The molecular formula is C19H13FN2O. The van der Waals surface area contributed by atoms with Crippen molar-refractivity contribution in [2.75, 3.05) is 0 Å². The molecule has 112 valence electrons. The van der Waals surface area contributed by atoms with Crippen LogP contribution in [0.3, 0.4) is 0 Å². The Morgan fingerprint density at radius 1 is 0.957 bits per heavy atom. The zero-order valence-corrected chi connectivity index (χ0v) is 12.1. The van der Waals surface area contributed by atoms with Crippen LogP contribution in [0.5, 0.6) is 5.75 Å². The molecule has 0 aliphatic rings. The van der Waals surface area contributed by atoms with Gasteiger partial charge in [0.2, 0.25) is 0 Å². The van der Waals surface area contributed by atoms with Gasteiger partial charge in [-0.3, -0.25) is 4.98 Å². The van der Waals surface area contributed by atoms with Gasteiger partial charge in [-0.1, -0.05) is 6.07 Å². The van der Waals surface area contributed by atoms with Crippen LogP contribution in [0.25, 0.3) is 27.8 Å². The predicted octanol–water partition coefficient (Wildman–Crippen LogP) is 4.54. The zero-order valence-electron chi connectivity index (χ0n) is 12.1. The van der Waals surface area contributed by atoms with Crippen LogP contribution in [0.4, 0.5) is 4.39 Å². The summed E-state index contributed by atoms with van der Waals surface area (Å²) in [5.74, 6) is -0.104. The number of aromatic nitrogens is 2. The van der Waals surface area contributed by atoms with Crippen molar-refractivity contribution in [3.8, 4) is 22.7 Å². The topological polar surface area (TPSA) is 38.1 Å². The molecule has 0 spiro atoms. The molecule has 0 saturated heterocycles. The van der Waals surface area contributed by atoms with Gasteiger partial charge in [0.05, 0.1) is 11.2 Å². The van der Waals surface area contributed by atoms with Crippen LogP contribution in [0.2, 0.25) is 0 Å². The molecule has 1 N–H and O–H groups in total. The average molecular weight is 304 g/mol. The number of hydrogen-bond donors (Lipinski definition) is 1. The Bertz CT molecular complexity index is 993. The van der Waals surface area contributed by atoms with E-state index < -0.39 is 0 Å². The van der Waals surface area contributed by atoms with E-state index in [2.05, 4.69) is 4.98 Å². The predicted molar refractivity (Wildman–Crippen MR) is 88.1 cm³/mol. The zero-order chi connectivity index (χ0) is 15.8. The average Bonchev–Trinajstić information content (AvgIpc) is 2.98. The van der Waals surface area contributed by atoms with Gasteiger partial charge >= 0.3 is 0 Å². The summed E-state index contributed by atoms with van der Waals surface area (Å²) in [7, 11) is 0. The van der Waals surface area contributed by atoms with Crippen LogP contribution in [0.15, 0.2) is 73.1 Å². The van der Waals surface area contributed by atoms with Crippen molar-refractivity contribution in [3.05, 3.63) is 78.9 Å². The van der Waals surface area contributed by atoms with Crippen molar-refractivity contribution >= 4 is 10.9 Å². The van der Waals surface area contributed by atoms with E-state index in [9.17, 15) is 9.50 Å². The van der Waals surface area contributed by atoms with Gasteiger partial charge in [-0.2, -0.15) is 0 Å². The van der Waals surface area contributed by atoms with E-state index in [1.165, 1.54) is 12.1 Å². The van der Waals surface area contributed by atoms with Gasteiger partial charge in [-0.05, 0) is 48.5 Å². The number of benzene rings is 2. The quantitative estimate of drug-likeness (QED) is 0.590. The monoisotopic (exact) mass is 304 g/mol. The second kappa shape index (κ2) is 5.25. The van der Waals surface area contributed by atoms with Crippen molar-refractivity contribution in [2.45, 2.75) is 0 Å². The molecule has 0 radical (unpaired) electrons. The molecule has 4 aromatic rings. The first kappa shape index (κ1) is 13.5. The van der Waals surface area contributed by atoms with Gasteiger partial charge in [0.1, 0.15) is 11.6 Å². The number of nitrogens with zero attached hydrogens (tertiary/aromatic N) is 2. The highest BCUT2D eigenvalue weighted by Crippen LogP contribution is 2.28. The number of rotatable bonds is 2. The maximum atomic E-state index is 13.3. The number of fused-ring (bicyclic) bond motifs is 1. The third kappa shape index (κ3) is 2.44. The van der Waals surface area contributed by atoms with Crippen LogP contribution in [-0.2, 0) is 0 Å². The lowest BCUT2D eigenvalue weighted by Crippen LogP contribution is -1.93. The highest BCUT2D eigenvalue weighted by atomic mass is 19.1. The van der Waals surface area contributed by atoms with E-state index in [1.54, 1.807) is 24.4 Å². The lowest BCUT2D eigenvalue weighted by molar-refractivity contribution is 0.475. The van der Waals surface area contributed by atoms with E-state index in [0.717, 1.165) is 27.8 Å². The lowest BCUT2D eigenvalue weighted by Gasteiger charge is -2.09. The van der Waals surface area contributed by atoms with E-state index >= 15 is 0 Å². The van der Waals surface area contributed by atoms with Gasteiger partial charge in [0.15, 0.2) is 0 Å². The molecule has 0 bridgehead atoms. The fourth-order valence-electron chi connectivity index (χ4n) is 2.75. The minimum atomic E-state index is -0.264. The molecule has 2 aromatic heterocycles. The van der Waals surface area contributed by atoms with Crippen LogP contribution < -0.4 is 0 Å². The Morgan fingerprint density at radius 2 is 1.87 bits per heavy atom. The fraction of sp³-hybridized carbons (Fsp3) is 0. The largest absolute Gasteiger partial charge is 0.508 e. The van der Waals surface area contributed by atoms with Gasteiger partial charge < -0.3 is 9.67 Å². The Balaban J connectivity index is 1.90. The summed E-state index contributed by atoms with van der Waals surface area (Å²) in [5, 5.41) is 10.9. The molecule has 2 aromatic carbocycles. The molecule has 23 heavy (non-hydrogen) atoms. The minimum absolute atomic E-state index is 0.159. The first-order valence-electron chi connectivity index (χ1n) is 7.23. The van der Waals surface area contributed by atoms with Crippen LogP contribution in [0.1, 0.15) is 0 Å². The Morgan fingerprint density at radius 3 is 2.70 bits per heavy atom. The van der Waals surface area contributed by atoms with Crippen molar-refractivity contribution < 1.29 is 9.50 Å². The molecule has 0 aliphatic carbocycles. The first-order valence-corrected chi connectivity index (χ1v) is 7.23. The summed E-state index contributed by atoms with van der Waals surface area (Å²) >= 11 is 0. The SMILES string of the molecule is Oc1cc(-c2ccccn2)cc(-n2ccc3cc(F)ccc32)c1. The first-order chi connectivity index (χ1) is 11.2. The Kier molecular flexibility index (Phi) is 3.08. The fourth-order valence-corrected chi connectivity index (χ4v) is 2.75. The highest BCUT2D eigenvalue weighted by Gasteiger charge is 2.08. The summed E-state index contributed by atoms with van der Waals surface area (Å²) in [6.07, 6.45) is 3.58. The molecule has 3 nitrogen and oxygen atoms in total. The Labute approximate surface area is 132 Å². The highest BCUT2D eigenvalue weighted by molar-refractivity contribution is 5.82. The number of aromatic hydroxyl groups is 1. The molecule has 4 heteroatoms. The van der Waals surface area contributed by atoms with Crippen molar-refractivity contribution in [1.82, 2.24) is 9.55 Å². The standard InChI is InChI=1S/C19H13FN2O/c20-15-4-5-19-13(9-15)6-8-22(19)16-10-14(11-17(23)12-16)18-3-1-2-7-21-18/h1-12,23H. The van der Waals surface area contributed by atoms with Crippen LogP contribution in [0, 0.1) is 5.82 Å². The molecule has 0 amide bonds. The van der Waals surface area contributed by atoms with E-state index in [4.69, 9.17) is 0 Å². The van der Waals surface area contributed by atoms with Crippen LogP contribution in [-0.4, -0.2) is 14.7 Å². The maximum Gasteiger partial charge on any atom is 0.123 e. The van der Waals surface area contributed by atoms with Crippen molar-refractivity contribution in [2.24, 2.45) is 0 Å². The summed E-state index contributed by atoms with van der Waals surface area (Å²) in [6.45, 7) is 0. The summed E-state index contributed by atoms with van der Waals surface area (Å²) in [6, 6.07) is 17.5. The van der Waals surface area contributed by atoms with Gasteiger partial charge in [0.25, 0.3) is 0 Å². The normalized spacial score (nSPS) is 11.0. The number of halogens is 1. The number of hydrogen-bond acceptors (Lipinski definition) is 2. The lowest BCUT2D eigenvalue weighted by atomic mass is 10.1. The number of pyridine rings is 1. The van der Waals surface area contributed by atoms with Crippen LogP contribution >= 0.6 is 0 Å². The maximum absolute atomic E-state index is 13.3. The van der Waals surface area contributed by atoms with Gasteiger partial charge in [0, 0.05) is 35.1 Å². The van der Waals surface area contributed by atoms with Crippen molar-refractivity contribution in [3.63, 3.8) is 0 Å². The van der Waals surface area contributed by atoms with Crippen molar-refractivity contribution in [1.29, 1.82) is 0 Å². The molecule has 2 heterocycles. The van der Waals surface area contributed by atoms with Gasteiger partial charge in [-0.25, -0.2) is 4.39 Å². The molecule has 0 saturated carbocycles. The molecule has 0 atom stereocenters. The second-order valence-electron chi connectivity index (χ2n) is 5.34. The number of phenolic OH excluding ortho intramolecular Hbond substituents is 1. The third-order valence-electron chi connectivity index (χ3n) is 3.79. The molecule has 4 rings (SSSR count). The molecule has 0 unspecified atom stereocenters. The third-order valence-corrected chi connectivity index (χ3v) is 3.79. The molecule has 0 aliphatic heterocycles. The smallest absolute Gasteiger partial charge is 0.123 e. The minimum Gasteiger partial charge on any atom is -0.508 e. The van der Waals surface area contributed by atoms with E-state index in [0.29, 0.717) is 0 Å². The molecular weight excluding hydrogens is 291 g/mol. The number of phenols is 1. The van der Waals surface area contributed by atoms with E-state index in [1.807, 2.05) is 41.1 Å². The second-order valence-corrected chi connectivity index (χ2v) is 5.34. The van der Waals surface area contributed by atoms with E-state index in [-0.39, 0.29) is 11.6 Å².